The normalized spacial score (nSPS) is 18.3. The van der Waals surface area contributed by atoms with Crippen LogP contribution in [-0.4, -0.2) is 26.3 Å². The van der Waals surface area contributed by atoms with Crippen LogP contribution in [0, 0.1) is 0 Å². The third-order valence-electron chi connectivity index (χ3n) is 5.72. The number of nitrogens with zero attached hydrogens (tertiary/aromatic N) is 3. The molecule has 0 radical (unpaired) electrons. The molecule has 1 aliphatic heterocycles. The molecule has 1 aliphatic carbocycles. The van der Waals surface area contributed by atoms with E-state index in [9.17, 15) is 4.79 Å². The van der Waals surface area contributed by atoms with Crippen molar-refractivity contribution in [1.29, 1.82) is 0 Å². The fraction of sp³-hybridized carbons (Fsp3) is 0.571. The maximum atomic E-state index is 12.6. The van der Waals surface area contributed by atoms with Gasteiger partial charge in [-0.25, -0.2) is 0 Å². The number of rotatable bonds is 5. The van der Waals surface area contributed by atoms with Crippen LogP contribution in [0.2, 0.25) is 0 Å². The van der Waals surface area contributed by atoms with Gasteiger partial charge >= 0.3 is 0 Å². The molecule has 0 saturated heterocycles. The SMILES string of the molecule is O=C(CSc1nnc2n1CCCCC2)c1ccc(C2CCCCC2)cc1. The molecule has 5 heteroatoms. The summed E-state index contributed by atoms with van der Waals surface area (Å²) in [5, 5.41) is 9.51. The molecular formula is C21H27N3OS. The number of hydrogen-bond acceptors (Lipinski definition) is 4. The number of aromatic nitrogens is 3. The Bertz CT molecular complexity index is 747. The Hall–Kier alpha value is -1.62. The molecule has 0 spiro atoms. The Morgan fingerprint density at radius 1 is 1.00 bits per heavy atom. The third kappa shape index (κ3) is 4.03. The molecule has 138 valence electrons. The summed E-state index contributed by atoms with van der Waals surface area (Å²) in [6, 6.07) is 8.35. The van der Waals surface area contributed by atoms with Gasteiger partial charge in [-0.1, -0.05) is 61.7 Å². The largest absolute Gasteiger partial charge is 0.306 e. The first-order chi connectivity index (χ1) is 12.8. The van der Waals surface area contributed by atoms with Crippen molar-refractivity contribution in [3.05, 3.63) is 41.2 Å². The van der Waals surface area contributed by atoms with Gasteiger partial charge in [0, 0.05) is 18.5 Å². The zero-order valence-corrected chi connectivity index (χ0v) is 16.1. The van der Waals surface area contributed by atoms with Crippen molar-refractivity contribution < 1.29 is 4.79 Å². The summed E-state index contributed by atoms with van der Waals surface area (Å²) in [6.45, 7) is 0.981. The molecule has 0 bridgehead atoms. The summed E-state index contributed by atoms with van der Waals surface area (Å²) in [6.07, 6.45) is 11.3. The summed E-state index contributed by atoms with van der Waals surface area (Å²) in [5.41, 5.74) is 2.21. The molecule has 1 aromatic carbocycles. The fourth-order valence-corrected chi connectivity index (χ4v) is 5.03. The average molecular weight is 370 g/mol. The van der Waals surface area contributed by atoms with Crippen molar-refractivity contribution in [2.45, 2.75) is 75.4 Å². The molecule has 0 unspecified atom stereocenters. The topological polar surface area (TPSA) is 47.8 Å². The van der Waals surface area contributed by atoms with Crippen LogP contribution in [0.15, 0.2) is 29.4 Å². The molecule has 2 aliphatic rings. The van der Waals surface area contributed by atoms with Crippen LogP contribution in [0.4, 0.5) is 0 Å². The van der Waals surface area contributed by atoms with Gasteiger partial charge in [-0.15, -0.1) is 10.2 Å². The highest BCUT2D eigenvalue weighted by atomic mass is 32.2. The fourth-order valence-electron chi connectivity index (χ4n) is 4.16. The van der Waals surface area contributed by atoms with E-state index >= 15 is 0 Å². The first kappa shape index (κ1) is 17.8. The summed E-state index contributed by atoms with van der Waals surface area (Å²) >= 11 is 1.53. The molecule has 1 fully saturated rings. The number of thioether (sulfide) groups is 1. The predicted octanol–water partition coefficient (Wildman–Crippen LogP) is 5.03. The Morgan fingerprint density at radius 2 is 1.77 bits per heavy atom. The molecule has 0 N–H and O–H groups in total. The molecule has 2 heterocycles. The van der Waals surface area contributed by atoms with Gasteiger partial charge in [0.15, 0.2) is 10.9 Å². The van der Waals surface area contributed by atoms with Crippen LogP contribution in [0.25, 0.3) is 0 Å². The highest BCUT2D eigenvalue weighted by Gasteiger charge is 2.18. The standard InChI is InChI=1S/C21H27N3OS/c25-19(15-26-21-23-22-20-9-5-2-6-14-24(20)21)18-12-10-17(11-13-18)16-7-3-1-4-8-16/h10-13,16H,1-9,14-15H2. The maximum Gasteiger partial charge on any atom is 0.191 e. The van der Waals surface area contributed by atoms with Gasteiger partial charge in [-0.2, -0.15) is 0 Å². The minimum absolute atomic E-state index is 0.177. The minimum atomic E-state index is 0.177. The smallest absolute Gasteiger partial charge is 0.191 e. The average Bonchev–Trinajstić information content (AvgIpc) is 2.93. The van der Waals surface area contributed by atoms with Crippen molar-refractivity contribution in [2.75, 3.05) is 5.75 Å². The van der Waals surface area contributed by atoms with Crippen LogP contribution in [0.1, 0.15) is 79.0 Å². The Kier molecular flexibility index (Phi) is 5.73. The van der Waals surface area contributed by atoms with Crippen LogP contribution in [0.5, 0.6) is 0 Å². The molecule has 4 nitrogen and oxygen atoms in total. The monoisotopic (exact) mass is 369 g/mol. The van der Waals surface area contributed by atoms with Gasteiger partial charge in [0.2, 0.25) is 0 Å². The van der Waals surface area contributed by atoms with E-state index in [1.165, 1.54) is 68.7 Å². The molecule has 26 heavy (non-hydrogen) atoms. The highest BCUT2D eigenvalue weighted by molar-refractivity contribution is 7.99. The lowest BCUT2D eigenvalue weighted by Gasteiger charge is -2.22. The zero-order valence-electron chi connectivity index (χ0n) is 15.3. The summed E-state index contributed by atoms with van der Waals surface area (Å²) in [4.78, 5) is 12.6. The van der Waals surface area contributed by atoms with E-state index in [-0.39, 0.29) is 5.78 Å². The van der Waals surface area contributed by atoms with Gasteiger partial charge in [0.05, 0.1) is 5.75 Å². The van der Waals surface area contributed by atoms with E-state index in [1.54, 1.807) is 0 Å². The second-order valence-electron chi connectivity index (χ2n) is 7.53. The number of benzene rings is 1. The van der Waals surface area contributed by atoms with E-state index in [0.29, 0.717) is 11.7 Å². The number of carbonyl (C=O) groups is 1. The van der Waals surface area contributed by atoms with Crippen molar-refractivity contribution in [3.8, 4) is 0 Å². The molecule has 0 atom stereocenters. The van der Waals surface area contributed by atoms with Crippen LogP contribution in [-0.2, 0) is 13.0 Å². The number of hydrogen-bond donors (Lipinski definition) is 0. The Labute approximate surface area is 159 Å². The van der Waals surface area contributed by atoms with E-state index < -0.39 is 0 Å². The molecular weight excluding hydrogens is 342 g/mol. The first-order valence-corrected chi connectivity index (χ1v) is 11.0. The van der Waals surface area contributed by atoms with Gasteiger partial charge < -0.3 is 4.57 Å². The van der Waals surface area contributed by atoms with E-state index in [0.717, 1.165) is 29.5 Å². The van der Waals surface area contributed by atoms with E-state index in [4.69, 9.17) is 0 Å². The number of fused-ring (bicyclic) bond motifs is 1. The number of ketones is 1. The first-order valence-electron chi connectivity index (χ1n) is 9.99. The van der Waals surface area contributed by atoms with Crippen molar-refractivity contribution in [1.82, 2.24) is 14.8 Å². The van der Waals surface area contributed by atoms with Crippen LogP contribution < -0.4 is 0 Å². The van der Waals surface area contributed by atoms with Crippen molar-refractivity contribution in [2.24, 2.45) is 0 Å². The molecule has 1 saturated carbocycles. The lowest BCUT2D eigenvalue weighted by Crippen LogP contribution is -2.07. The van der Waals surface area contributed by atoms with E-state index in [1.807, 2.05) is 12.1 Å². The van der Waals surface area contributed by atoms with Gasteiger partial charge in [0.25, 0.3) is 0 Å². The minimum Gasteiger partial charge on any atom is -0.306 e. The Morgan fingerprint density at radius 3 is 2.58 bits per heavy atom. The Balaban J connectivity index is 1.37. The quantitative estimate of drug-likeness (QED) is 0.548. The summed E-state index contributed by atoms with van der Waals surface area (Å²) in [5.74, 6) is 2.38. The highest BCUT2D eigenvalue weighted by Crippen LogP contribution is 2.32. The molecule has 1 aromatic heterocycles. The van der Waals surface area contributed by atoms with Crippen LogP contribution in [0.3, 0.4) is 0 Å². The summed E-state index contributed by atoms with van der Waals surface area (Å²) < 4.78 is 2.21. The van der Waals surface area contributed by atoms with Gasteiger partial charge in [-0.05, 0) is 37.2 Å². The number of carbonyl (C=O) groups excluding carboxylic acids is 1. The zero-order chi connectivity index (χ0) is 17.8. The third-order valence-corrected chi connectivity index (χ3v) is 6.68. The second-order valence-corrected chi connectivity index (χ2v) is 8.47. The predicted molar refractivity (Wildman–Crippen MR) is 105 cm³/mol. The van der Waals surface area contributed by atoms with Gasteiger partial charge in [-0.3, -0.25) is 4.79 Å². The number of Topliss-reactive ketones (excluding diaryl/α,β-unsaturated/α-hetero) is 1. The lowest BCUT2D eigenvalue weighted by molar-refractivity contribution is 0.102. The maximum absolute atomic E-state index is 12.6. The van der Waals surface area contributed by atoms with Crippen molar-refractivity contribution >= 4 is 17.5 Å². The van der Waals surface area contributed by atoms with E-state index in [2.05, 4.69) is 26.9 Å². The molecule has 2 aromatic rings. The van der Waals surface area contributed by atoms with Gasteiger partial charge in [0.1, 0.15) is 5.82 Å². The lowest BCUT2D eigenvalue weighted by atomic mass is 9.84. The molecule has 0 amide bonds. The van der Waals surface area contributed by atoms with Crippen molar-refractivity contribution in [3.63, 3.8) is 0 Å². The summed E-state index contributed by atoms with van der Waals surface area (Å²) in [7, 11) is 0. The molecule has 4 rings (SSSR count). The number of aryl methyl sites for hydroxylation is 1. The van der Waals surface area contributed by atoms with Crippen LogP contribution >= 0.6 is 11.8 Å². The second kappa shape index (κ2) is 8.38.